The van der Waals surface area contributed by atoms with E-state index in [-0.39, 0.29) is 0 Å². The van der Waals surface area contributed by atoms with E-state index in [2.05, 4.69) is 26.0 Å². The van der Waals surface area contributed by atoms with Gasteiger partial charge in [-0.15, -0.1) is 0 Å². The molecular weight excluding hydrogens is 172 g/mol. The van der Waals surface area contributed by atoms with Crippen molar-refractivity contribution >= 4 is 0 Å². The van der Waals surface area contributed by atoms with Crippen LogP contribution >= 0.6 is 0 Å². The van der Waals surface area contributed by atoms with E-state index in [1.807, 2.05) is 6.07 Å². The number of benzene rings is 1. The zero-order valence-electron chi connectivity index (χ0n) is 9.47. The van der Waals surface area contributed by atoms with Crippen LogP contribution in [0.15, 0.2) is 18.2 Å². The molecule has 0 N–H and O–H groups in total. The molecule has 0 aromatic heterocycles. The van der Waals surface area contributed by atoms with Crippen LogP contribution < -0.4 is 4.74 Å². The first kappa shape index (κ1) is 11.1. The van der Waals surface area contributed by atoms with Crippen molar-refractivity contribution in [3.8, 4) is 5.75 Å². The molecular formula is C13H20O. The Labute approximate surface area is 87.1 Å². The van der Waals surface area contributed by atoms with Crippen molar-refractivity contribution in [2.45, 2.75) is 39.5 Å². The summed E-state index contributed by atoms with van der Waals surface area (Å²) in [5.74, 6) is 0.980. The molecule has 0 bridgehead atoms. The molecule has 0 atom stereocenters. The molecule has 1 nitrogen and oxygen atoms in total. The maximum atomic E-state index is 5.23. The van der Waals surface area contributed by atoms with Crippen LogP contribution in [0, 0.1) is 0 Å². The Morgan fingerprint density at radius 3 is 2.50 bits per heavy atom. The van der Waals surface area contributed by atoms with Gasteiger partial charge in [-0.25, -0.2) is 0 Å². The third kappa shape index (κ3) is 2.76. The van der Waals surface area contributed by atoms with Crippen molar-refractivity contribution in [1.82, 2.24) is 0 Å². The predicted octanol–water partition coefficient (Wildman–Crippen LogP) is 3.60. The minimum atomic E-state index is 0.980. The van der Waals surface area contributed by atoms with Crippen molar-refractivity contribution in [3.05, 3.63) is 29.3 Å². The first-order valence-corrected chi connectivity index (χ1v) is 5.47. The van der Waals surface area contributed by atoms with Crippen LogP contribution in [0.25, 0.3) is 0 Å². The number of rotatable bonds is 5. The summed E-state index contributed by atoms with van der Waals surface area (Å²) < 4.78 is 5.23. The molecule has 78 valence electrons. The number of unbranched alkanes of at least 4 members (excludes halogenated alkanes) is 1. The molecule has 0 radical (unpaired) electrons. The molecule has 1 rings (SSSR count). The highest BCUT2D eigenvalue weighted by Gasteiger charge is 2.02. The van der Waals surface area contributed by atoms with Crippen LogP contribution in [-0.4, -0.2) is 7.11 Å². The lowest BCUT2D eigenvalue weighted by Gasteiger charge is -2.09. The summed E-state index contributed by atoms with van der Waals surface area (Å²) in [7, 11) is 1.73. The van der Waals surface area contributed by atoms with Crippen molar-refractivity contribution in [2.75, 3.05) is 7.11 Å². The molecule has 1 heteroatoms. The van der Waals surface area contributed by atoms with E-state index in [1.54, 1.807) is 7.11 Å². The summed E-state index contributed by atoms with van der Waals surface area (Å²) in [5.41, 5.74) is 2.91. The minimum Gasteiger partial charge on any atom is -0.497 e. The maximum Gasteiger partial charge on any atom is 0.119 e. The first-order chi connectivity index (χ1) is 6.81. The average molecular weight is 192 g/mol. The summed E-state index contributed by atoms with van der Waals surface area (Å²) in [6, 6.07) is 6.41. The van der Waals surface area contributed by atoms with Crippen molar-refractivity contribution in [3.63, 3.8) is 0 Å². The Morgan fingerprint density at radius 1 is 1.14 bits per heavy atom. The van der Waals surface area contributed by atoms with Gasteiger partial charge in [0.15, 0.2) is 0 Å². The summed E-state index contributed by atoms with van der Waals surface area (Å²) in [4.78, 5) is 0. The Hall–Kier alpha value is -0.980. The molecule has 0 saturated carbocycles. The molecule has 1 aromatic rings. The van der Waals surface area contributed by atoms with Gasteiger partial charge >= 0.3 is 0 Å². The van der Waals surface area contributed by atoms with Crippen molar-refractivity contribution < 1.29 is 4.74 Å². The normalized spacial score (nSPS) is 10.2. The second kappa shape index (κ2) is 5.69. The van der Waals surface area contributed by atoms with Crippen LogP contribution in [0.2, 0.25) is 0 Å². The van der Waals surface area contributed by atoms with Crippen LogP contribution in [0.5, 0.6) is 5.75 Å². The predicted molar refractivity (Wildman–Crippen MR) is 61.0 cm³/mol. The average Bonchev–Trinajstić information content (AvgIpc) is 2.25. The SMILES string of the molecule is CCCCc1cc(OC)ccc1CC. The zero-order chi connectivity index (χ0) is 10.4. The van der Waals surface area contributed by atoms with E-state index < -0.39 is 0 Å². The van der Waals surface area contributed by atoms with Gasteiger partial charge in [0.2, 0.25) is 0 Å². The fourth-order valence-electron chi connectivity index (χ4n) is 1.67. The molecule has 14 heavy (non-hydrogen) atoms. The van der Waals surface area contributed by atoms with E-state index in [1.165, 1.54) is 30.4 Å². The number of methoxy groups -OCH3 is 1. The van der Waals surface area contributed by atoms with Gasteiger partial charge in [0.1, 0.15) is 5.75 Å². The molecule has 0 fully saturated rings. The van der Waals surface area contributed by atoms with E-state index >= 15 is 0 Å². The van der Waals surface area contributed by atoms with Gasteiger partial charge in [0.05, 0.1) is 7.11 Å². The monoisotopic (exact) mass is 192 g/mol. The zero-order valence-corrected chi connectivity index (χ0v) is 9.47. The number of aryl methyl sites for hydroxylation is 2. The number of hydrogen-bond acceptors (Lipinski definition) is 1. The smallest absolute Gasteiger partial charge is 0.119 e. The first-order valence-electron chi connectivity index (χ1n) is 5.47. The molecule has 0 aliphatic carbocycles. The van der Waals surface area contributed by atoms with E-state index in [4.69, 9.17) is 4.74 Å². The van der Waals surface area contributed by atoms with E-state index in [0.29, 0.717) is 0 Å². The molecule has 0 saturated heterocycles. The number of ether oxygens (including phenoxy) is 1. The van der Waals surface area contributed by atoms with Crippen LogP contribution in [-0.2, 0) is 12.8 Å². The molecule has 0 heterocycles. The van der Waals surface area contributed by atoms with Crippen LogP contribution in [0.3, 0.4) is 0 Å². The molecule has 0 spiro atoms. The summed E-state index contributed by atoms with van der Waals surface area (Å²) in [5, 5.41) is 0. The topological polar surface area (TPSA) is 9.23 Å². The van der Waals surface area contributed by atoms with Gasteiger partial charge in [0.25, 0.3) is 0 Å². The molecule has 0 amide bonds. The van der Waals surface area contributed by atoms with Crippen molar-refractivity contribution in [2.24, 2.45) is 0 Å². The van der Waals surface area contributed by atoms with Gasteiger partial charge < -0.3 is 4.74 Å². The second-order valence-corrected chi connectivity index (χ2v) is 3.59. The molecule has 0 aliphatic rings. The highest BCUT2D eigenvalue weighted by molar-refractivity contribution is 5.35. The third-order valence-corrected chi connectivity index (χ3v) is 2.59. The maximum absolute atomic E-state index is 5.23. The third-order valence-electron chi connectivity index (χ3n) is 2.59. The Kier molecular flexibility index (Phi) is 4.51. The van der Waals surface area contributed by atoms with Crippen LogP contribution in [0.1, 0.15) is 37.8 Å². The summed E-state index contributed by atoms with van der Waals surface area (Å²) in [6.07, 6.45) is 4.81. The standard InChI is InChI=1S/C13H20O/c1-4-6-7-12-10-13(14-3)9-8-11(12)5-2/h8-10H,4-7H2,1-3H3. The minimum absolute atomic E-state index is 0.980. The Morgan fingerprint density at radius 2 is 1.93 bits per heavy atom. The highest BCUT2D eigenvalue weighted by Crippen LogP contribution is 2.19. The van der Waals surface area contributed by atoms with Gasteiger partial charge in [-0.1, -0.05) is 26.3 Å². The van der Waals surface area contributed by atoms with Crippen LogP contribution in [0.4, 0.5) is 0 Å². The second-order valence-electron chi connectivity index (χ2n) is 3.59. The van der Waals surface area contributed by atoms with Gasteiger partial charge in [0, 0.05) is 0 Å². The van der Waals surface area contributed by atoms with E-state index in [9.17, 15) is 0 Å². The fourth-order valence-corrected chi connectivity index (χ4v) is 1.67. The van der Waals surface area contributed by atoms with Gasteiger partial charge in [-0.3, -0.25) is 0 Å². The lowest BCUT2D eigenvalue weighted by Crippen LogP contribution is -1.94. The Bertz CT molecular complexity index is 279. The fraction of sp³-hybridized carbons (Fsp3) is 0.538. The lowest BCUT2D eigenvalue weighted by atomic mass is 10.00. The Balaban J connectivity index is 2.84. The van der Waals surface area contributed by atoms with Gasteiger partial charge in [-0.05, 0) is 42.5 Å². The quantitative estimate of drug-likeness (QED) is 0.692. The number of hydrogen-bond donors (Lipinski definition) is 0. The summed E-state index contributed by atoms with van der Waals surface area (Å²) in [6.45, 7) is 4.43. The van der Waals surface area contributed by atoms with Gasteiger partial charge in [-0.2, -0.15) is 0 Å². The van der Waals surface area contributed by atoms with Crippen molar-refractivity contribution in [1.29, 1.82) is 0 Å². The highest BCUT2D eigenvalue weighted by atomic mass is 16.5. The molecule has 1 aromatic carbocycles. The largest absolute Gasteiger partial charge is 0.497 e. The summed E-state index contributed by atoms with van der Waals surface area (Å²) >= 11 is 0. The lowest BCUT2D eigenvalue weighted by molar-refractivity contribution is 0.414. The molecule has 0 unspecified atom stereocenters. The van der Waals surface area contributed by atoms with E-state index in [0.717, 1.165) is 12.2 Å². The molecule has 0 aliphatic heterocycles.